The van der Waals surface area contributed by atoms with Crippen molar-refractivity contribution in [3.8, 4) is 0 Å². The van der Waals surface area contributed by atoms with Crippen molar-refractivity contribution in [1.29, 1.82) is 0 Å². The summed E-state index contributed by atoms with van der Waals surface area (Å²) >= 11 is 0. The fraction of sp³-hybridized carbons (Fsp3) is 0.381. The first kappa shape index (κ1) is 19.2. The third-order valence-corrected chi connectivity index (χ3v) is 4.95. The number of nitrogens with zero attached hydrogens (tertiary/aromatic N) is 3. The number of pyridine rings is 1. The summed E-state index contributed by atoms with van der Waals surface area (Å²) in [4.78, 5) is 32.4. The molecule has 1 aromatic heterocycles. The Morgan fingerprint density at radius 3 is 2.33 bits per heavy atom. The molecule has 142 valence electrons. The number of piperazine rings is 1. The summed E-state index contributed by atoms with van der Waals surface area (Å²) in [5, 5.41) is 2.90. The van der Waals surface area contributed by atoms with Crippen molar-refractivity contribution in [2.45, 2.75) is 20.4 Å². The van der Waals surface area contributed by atoms with Crippen molar-refractivity contribution in [2.75, 3.05) is 38.0 Å². The number of amides is 1. The summed E-state index contributed by atoms with van der Waals surface area (Å²) in [6, 6.07) is 9.04. The van der Waals surface area contributed by atoms with Crippen LogP contribution in [-0.4, -0.2) is 59.2 Å². The maximum absolute atomic E-state index is 12.3. The Balaban J connectivity index is 1.44. The van der Waals surface area contributed by atoms with Crippen molar-refractivity contribution in [1.82, 2.24) is 14.8 Å². The molecule has 0 unspecified atom stereocenters. The monoisotopic (exact) mass is 366 g/mol. The first-order valence-electron chi connectivity index (χ1n) is 9.26. The predicted molar refractivity (Wildman–Crippen MR) is 106 cm³/mol. The van der Waals surface area contributed by atoms with Crippen molar-refractivity contribution in [3.05, 3.63) is 59.4 Å². The smallest absolute Gasteiger partial charge is 0.238 e. The fourth-order valence-electron chi connectivity index (χ4n) is 3.20. The number of carbonyl (C=O) groups is 2. The van der Waals surface area contributed by atoms with Crippen molar-refractivity contribution >= 4 is 17.4 Å². The van der Waals surface area contributed by atoms with Crippen LogP contribution in [0.15, 0.2) is 42.7 Å². The van der Waals surface area contributed by atoms with Gasteiger partial charge in [0, 0.05) is 56.4 Å². The van der Waals surface area contributed by atoms with Crippen LogP contribution in [-0.2, 0) is 11.3 Å². The molecule has 0 atom stereocenters. The van der Waals surface area contributed by atoms with E-state index in [0.29, 0.717) is 12.1 Å². The average molecular weight is 366 g/mol. The molecule has 1 amide bonds. The zero-order chi connectivity index (χ0) is 19.2. The average Bonchev–Trinajstić information content (AvgIpc) is 2.65. The number of anilines is 1. The minimum atomic E-state index is -0.0258. The molecule has 1 fully saturated rings. The fourth-order valence-corrected chi connectivity index (χ4v) is 3.20. The van der Waals surface area contributed by atoms with Crippen LogP contribution in [0.3, 0.4) is 0 Å². The molecule has 1 N–H and O–H groups in total. The summed E-state index contributed by atoms with van der Waals surface area (Å²) < 4.78 is 0. The summed E-state index contributed by atoms with van der Waals surface area (Å²) in [5.41, 5.74) is 3.89. The van der Waals surface area contributed by atoms with Crippen LogP contribution < -0.4 is 5.32 Å². The summed E-state index contributed by atoms with van der Waals surface area (Å²) in [6.07, 6.45) is 3.76. The van der Waals surface area contributed by atoms with Crippen LogP contribution in [0.1, 0.15) is 28.4 Å². The molecule has 2 heterocycles. The molecule has 3 rings (SSSR count). The molecule has 27 heavy (non-hydrogen) atoms. The Morgan fingerprint density at radius 1 is 1.04 bits per heavy atom. The SMILES string of the molecule is CC(=O)c1ccc(NC(=O)CN2CCN(Cc3cnccc3C)CC2)cc1. The molecule has 0 radical (unpaired) electrons. The number of Topliss-reactive ketones (excluding diaryl/α,β-unsaturated/α-hetero) is 1. The van der Waals surface area contributed by atoms with E-state index in [0.717, 1.165) is 38.4 Å². The maximum Gasteiger partial charge on any atom is 0.238 e. The number of hydrogen-bond donors (Lipinski definition) is 1. The molecule has 0 spiro atoms. The lowest BCUT2D eigenvalue weighted by Crippen LogP contribution is -2.48. The number of aromatic nitrogens is 1. The van der Waals surface area contributed by atoms with E-state index in [1.807, 2.05) is 18.5 Å². The lowest BCUT2D eigenvalue weighted by molar-refractivity contribution is -0.117. The van der Waals surface area contributed by atoms with Crippen LogP contribution in [0.4, 0.5) is 5.69 Å². The molecule has 6 heteroatoms. The Bertz CT molecular complexity index is 796. The molecule has 0 saturated carbocycles. The second-order valence-corrected chi connectivity index (χ2v) is 7.04. The van der Waals surface area contributed by atoms with Gasteiger partial charge >= 0.3 is 0 Å². The standard InChI is InChI=1S/C21H26N4O2/c1-16-7-8-22-13-19(16)14-24-9-11-25(12-10-24)15-21(27)23-20-5-3-18(4-6-20)17(2)26/h3-8,13H,9-12,14-15H2,1-2H3,(H,23,27). The molecular formula is C21H26N4O2. The number of nitrogens with one attached hydrogen (secondary N) is 1. The van der Waals surface area contributed by atoms with E-state index < -0.39 is 0 Å². The van der Waals surface area contributed by atoms with Crippen molar-refractivity contribution in [3.63, 3.8) is 0 Å². The van der Waals surface area contributed by atoms with Crippen LogP contribution in [0.2, 0.25) is 0 Å². The van der Waals surface area contributed by atoms with E-state index in [2.05, 4.69) is 27.0 Å². The van der Waals surface area contributed by atoms with Crippen LogP contribution in [0.25, 0.3) is 0 Å². The molecule has 6 nitrogen and oxygen atoms in total. The summed E-state index contributed by atoms with van der Waals surface area (Å²) in [6.45, 7) is 8.55. The zero-order valence-electron chi connectivity index (χ0n) is 15.9. The van der Waals surface area contributed by atoms with Crippen molar-refractivity contribution < 1.29 is 9.59 Å². The van der Waals surface area contributed by atoms with Crippen LogP contribution in [0.5, 0.6) is 0 Å². The van der Waals surface area contributed by atoms with E-state index in [1.54, 1.807) is 24.3 Å². The van der Waals surface area contributed by atoms with Gasteiger partial charge in [0.15, 0.2) is 5.78 Å². The molecule has 0 bridgehead atoms. The Hall–Kier alpha value is -2.57. The number of rotatable bonds is 6. The van der Waals surface area contributed by atoms with Crippen LogP contribution in [0, 0.1) is 6.92 Å². The number of hydrogen-bond acceptors (Lipinski definition) is 5. The van der Waals surface area contributed by atoms with E-state index >= 15 is 0 Å². The van der Waals surface area contributed by atoms with Gasteiger partial charge in [-0.3, -0.25) is 24.4 Å². The third-order valence-electron chi connectivity index (χ3n) is 4.95. The van der Waals surface area contributed by atoms with Gasteiger partial charge in [-0.2, -0.15) is 0 Å². The van der Waals surface area contributed by atoms with Gasteiger partial charge in [0.1, 0.15) is 0 Å². The number of ketones is 1. The van der Waals surface area contributed by atoms with Gasteiger partial charge < -0.3 is 5.32 Å². The third kappa shape index (κ3) is 5.45. The highest BCUT2D eigenvalue weighted by Gasteiger charge is 2.19. The van der Waals surface area contributed by atoms with Crippen molar-refractivity contribution in [2.24, 2.45) is 0 Å². The lowest BCUT2D eigenvalue weighted by Gasteiger charge is -2.34. The number of aryl methyl sites for hydroxylation is 1. The van der Waals surface area contributed by atoms with Gasteiger partial charge in [-0.25, -0.2) is 0 Å². The predicted octanol–water partition coefficient (Wildman–Crippen LogP) is 2.35. The summed E-state index contributed by atoms with van der Waals surface area (Å²) in [7, 11) is 0. The minimum Gasteiger partial charge on any atom is -0.325 e. The van der Waals surface area contributed by atoms with Gasteiger partial charge in [-0.05, 0) is 55.3 Å². The highest BCUT2D eigenvalue weighted by Crippen LogP contribution is 2.12. The summed E-state index contributed by atoms with van der Waals surface area (Å²) in [5.74, 6) is -0.00523. The van der Waals surface area contributed by atoms with Crippen LogP contribution >= 0.6 is 0 Å². The first-order chi connectivity index (χ1) is 13.0. The molecule has 1 saturated heterocycles. The first-order valence-corrected chi connectivity index (χ1v) is 9.26. The highest BCUT2D eigenvalue weighted by atomic mass is 16.2. The Labute approximate surface area is 160 Å². The molecule has 2 aromatic rings. The largest absolute Gasteiger partial charge is 0.325 e. The lowest BCUT2D eigenvalue weighted by atomic mass is 10.1. The second-order valence-electron chi connectivity index (χ2n) is 7.04. The van der Waals surface area contributed by atoms with Gasteiger partial charge in [0.2, 0.25) is 5.91 Å². The minimum absolute atomic E-state index is 0.0206. The van der Waals surface area contributed by atoms with Gasteiger partial charge in [-0.1, -0.05) is 0 Å². The molecule has 1 aliphatic heterocycles. The van der Waals surface area contributed by atoms with E-state index in [1.165, 1.54) is 18.1 Å². The molecular weight excluding hydrogens is 340 g/mol. The van der Waals surface area contributed by atoms with E-state index in [4.69, 9.17) is 0 Å². The number of carbonyl (C=O) groups excluding carboxylic acids is 2. The van der Waals surface area contributed by atoms with Gasteiger partial charge in [-0.15, -0.1) is 0 Å². The van der Waals surface area contributed by atoms with Gasteiger partial charge in [0.25, 0.3) is 0 Å². The second kappa shape index (κ2) is 8.88. The van der Waals surface area contributed by atoms with Gasteiger partial charge in [0.05, 0.1) is 6.54 Å². The van der Waals surface area contributed by atoms with E-state index in [9.17, 15) is 9.59 Å². The normalized spacial score (nSPS) is 15.5. The number of benzene rings is 1. The maximum atomic E-state index is 12.3. The molecule has 0 aliphatic carbocycles. The zero-order valence-corrected chi connectivity index (χ0v) is 15.9. The topological polar surface area (TPSA) is 65.5 Å². The highest BCUT2D eigenvalue weighted by molar-refractivity contribution is 5.96. The Kier molecular flexibility index (Phi) is 6.32. The quantitative estimate of drug-likeness (QED) is 0.795. The molecule has 1 aromatic carbocycles. The molecule has 1 aliphatic rings. The Morgan fingerprint density at radius 2 is 1.70 bits per heavy atom. The van der Waals surface area contributed by atoms with E-state index in [-0.39, 0.29) is 11.7 Å².